The van der Waals surface area contributed by atoms with Gasteiger partial charge in [0.2, 0.25) is 0 Å². The van der Waals surface area contributed by atoms with E-state index in [0.717, 1.165) is 0 Å². The Morgan fingerprint density at radius 2 is 1.48 bits per heavy atom. The third-order valence-corrected chi connectivity index (χ3v) is 4.75. The number of aromatic hydroxyl groups is 4. The van der Waals surface area contributed by atoms with Gasteiger partial charge in [-0.2, -0.15) is 0 Å². The van der Waals surface area contributed by atoms with Crippen LogP contribution in [-0.2, 0) is 11.2 Å². The molecule has 3 aromatic carbocycles. The highest BCUT2D eigenvalue weighted by Gasteiger charge is 2.36. The predicted octanol–water partition coefficient (Wildman–Crippen LogP) is 3.41. The number of fused-ring (bicyclic) bond motifs is 1. The summed E-state index contributed by atoms with van der Waals surface area (Å²) in [6.07, 6.45) is -1.33. The molecule has 1 aliphatic rings. The van der Waals surface area contributed by atoms with Crippen LogP contribution in [0.3, 0.4) is 0 Å². The second-order valence-electron chi connectivity index (χ2n) is 6.77. The van der Waals surface area contributed by atoms with Crippen molar-refractivity contribution in [1.29, 1.82) is 0 Å². The molecule has 148 valence electrons. The Kier molecular flexibility index (Phi) is 4.64. The average Bonchev–Trinajstić information content (AvgIpc) is 2.69. The molecule has 29 heavy (non-hydrogen) atoms. The van der Waals surface area contributed by atoms with E-state index in [-0.39, 0.29) is 40.7 Å². The molecule has 7 nitrogen and oxygen atoms in total. The van der Waals surface area contributed by atoms with Crippen molar-refractivity contribution in [2.24, 2.45) is 0 Å². The summed E-state index contributed by atoms with van der Waals surface area (Å²) >= 11 is 0. The zero-order valence-electron chi connectivity index (χ0n) is 15.1. The van der Waals surface area contributed by atoms with Crippen LogP contribution < -0.4 is 4.74 Å². The quantitative estimate of drug-likeness (QED) is 0.503. The molecular weight excluding hydrogens is 376 g/mol. The molecule has 0 saturated carbocycles. The van der Waals surface area contributed by atoms with Crippen molar-refractivity contribution < 1.29 is 34.7 Å². The molecule has 1 aliphatic heterocycles. The first-order valence-electron chi connectivity index (χ1n) is 8.91. The monoisotopic (exact) mass is 394 g/mol. The van der Waals surface area contributed by atoms with Gasteiger partial charge in [0, 0.05) is 24.1 Å². The van der Waals surface area contributed by atoms with Crippen molar-refractivity contribution in [1.82, 2.24) is 0 Å². The second-order valence-corrected chi connectivity index (χ2v) is 6.77. The van der Waals surface area contributed by atoms with Crippen molar-refractivity contribution in [3.8, 4) is 28.7 Å². The van der Waals surface area contributed by atoms with Crippen LogP contribution >= 0.6 is 0 Å². The number of phenols is 4. The molecule has 1 heterocycles. The van der Waals surface area contributed by atoms with E-state index in [1.54, 1.807) is 12.1 Å². The summed E-state index contributed by atoms with van der Waals surface area (Å²) in [5, 5.41) is 38.9. The summed E-state index contributed by atoms with van der Waals surface area (Å²) in [6.45, 7) is 0. The summed E-state index contributed by atoms with van der Waals surface area (Å²) in [5.41, 5.74) is 1.33. The molecule has 0 bridgehead atoms. The zero-order chi connectivity index (χ0) is 20.5. The van der Waals surface area contributed by atoms with Crippen LogP contribution in [-0.4, -0.2) is 32.5 Å². The van der Waals surface area contributed by atoms with Gasteiger partial charge in [-0.05, 0) is 42.0 Å². The molecule has 0 radical (unpaired) electrons. The number of carbonyl (C=O) groups excluding carboxylic acids is 1. The molecule has 7 heteroatoms. The van der Waals surface area contributed by atoms with E-state index in [4.69, 9.17) is 9.47 Å². The van der Waals surface area contributed by atoms with Gasteiger partial charge >= 0.3 is 5.97 Å². The maximum Gasteiger partial charge on any atom is 0.338 e. The molecule has 0 fully saturated rings. The van der Waals surface area contributed by atoms with Gasteiger partial charge in [-0.25, -0.2) is 4.79 Å². The smallest absolute Gasteiger partial charge is 0.338 e. The van der Waals surface area contributed by atoms with Gasteiger partial charge in [0.1, 0.15) is 34.9 Å². The largest absolute Gasteiger partial charge is 0.508 e. The number of hydrogen-bond donors (Lipinski definition) is 4. The molecule has 3 aromatic rings. The molecule has 0 saturated heterocycles. The van der Waals surface area contributed by atoms with Gasteiger partial charge < -0.3 is 29.9 Å². The number of ether oxygens (including phenoxy) is 2. The van der Waals surface area contributed by atoms with Crippen LogP contribution in [0.4, 0.5) is 0 Å². The summed E-state index contributed by atoms with van der Waals surface area (Å²) in [4.78, 5) is 12.6. The Bertz CT molecular complexity index is 1040. The first-order chi connectivity index (χ1) is 13.9. The van der Waals surface area contributed by atoms with Crippen molar-refractivity contribution in [3.05, 3.63) is 77.4 Å². The molecule has 2 atom stereocenters. The molecule has 0 unspecified atom stereocenters. The van der Waals surface area contributed by atoms with Crippen LogP contribution in [0.15, 0.2) is 60.7 Å². The number of hydrogen-bond acceptors (Lipinski definition) is 7. The van der Waals surface area contributed by atoms with Gasteiger partial charge in [0.25, 0.3) is 0 Å². The van der Waals surface area contributed by atoms with E-state index in [9.17, 15) is 25.2 Å². The molecule has 0 amide bonds. The van der Waals surface area contributed by atoms with Crippen molar-refractivity contribution in [2.45, 2.75) is 18.6 Å². The third-order valence-electron chi connectivity index (χ3n) is 4.75. The highest BCUT2D eigenvalue weighted by molar-refractivity contribution is 5.89. The SMILES string of the molecule is O=C(O[C@H]1Cc2c(O)cc(O)cc2O[C@H]1c1ccc(O)cc1)c1ccc(O)cc1. The number of rotatable bonds is 3. The maximum atomic E-state index is 12.6. The second kappa shape index (κ2) is 7.27. The predicted molar refractivity (Wildman–Crippen MR) is 102 cm³/mol. The summed E-state index contributed by atoms with van der Waals surface area (Å²) in [6, 6.07) is 14.5. The lowest BCUT2D eigenvalue weighted by Gasteiger charge is -2.34. The highest BCUT2D eigenvalue weighted by atomic mass is 16.6. The first kappa shape index (κ1) is 18.5. The standard InChI is InChI=1S/C22H18O7/c23-14-5-1-12(2-6-14)21-20(29-22(27)13-3-7-15(24)8-4-13)11-17-18(26)9-16(25)10-19(17)28-21/h1-10,20-21,23-26H,11H2/t20-,21-/m0/s1. The van der Waals surface area contributed by atoms with Crippen LogP contribution in [0.2, 0.25) is 0 Å². The Balaban J connectivity index is 1.68. The van der Waals surface area contributed by atoms with E-state index in [1.807, 2.05) is 0 Å². The summed E-state index contributed by atoms with van der Waals surface area (Å²) < 4.78 is 11.6. The van der Waals surface area contributed by atoms with Crippen LogP contribution in [0, 0.1) is 0 Å². The van der Waals surface area contributed by atoms with E-state index >= 15 is 0 Å². The lowest BCUT2D eigenvalue weighted by Crippen LogP contribution is -2.34. The summed E-state index contributed by atoms with van der Waals surface area (Å²) in [7, 11) is 0. The maximum absolute atomic E-state index is 12.6. The highest BCUT2D eigenvalue weighted by Crippen LogP contribution is 2.43. The van der Waals surface area contributed by atoms with Crippen LogP contribution in [0.25, 0.3) is 0 Å². The third kappa shape index (κ3) is 3.75. The number of esters is 1. The van der Waals surface area contributed by atoms with Crippen molar-refractivity contribution in [2.75, 3.05) is 0 Å². The van der Waals surface area contributed by atoms with Gasteiger partial charge in [-0.1, -0.05) is 12.1 Å². The van der Waals surface area contributed by atoms with Crippen LogP contribution in [0.5, 0.6) is 28.7 Å². The van der Waals surface area contributed by atoms with Crippen LogP contribution in [0.1, 0.15) is 27.6 Å². The molecule has 4 N–H and O–H groups in total. The number of carbonyl (C=O) groups is 1. The normalized spacial score (nSPS) is 17.8. The Labute approximate surface area is 166 Å². The molecule has 4 rings (SSSR count). The Morgan fingerprint density at radius 3 is 2.14 bits per heavy atom. The lowest BCUT2D eigenvalue weighted by molar-refractivity contribution is -0.0188. The first-order valence-corrected chi connectivity index (χ1v) is 8.91. The van der Waals surface area contributed by atoms with Crippen molar-refractivity contribution >= 4 is 5.97 Å². The number of benzene rings is 3. The van der Waals surface area contributed by atoms with Gasteiger partial charge in [0.15, 0.2) is 6.10 Å². The van der Waals surface area contributed by atoms with E-state index in [1.165, 1.54) is 48.5 Å². The summed E-state index contributed by atoms with van der Waals surface area (Å²) in [5.74, 6) is -0.511. The van der Waals surface area contributed by atoms with Gasteiger partial charge in [0.05, 0.1) is 5.56 Å². The topological polar surface area (TPSA) is 116 Å². The van der Waals surface area contributed by atoms with E-state index in [2.05, 4.69) is 0 Å². The minimum Gasteiger partial charge on any atom is -0.508 e. The van der Waals surface area contributed by atoms with E-state index < -0.39 is 18.2 Å². The zero-order valence-corrected chi connectivity index (χ0v) is 15.1. The molecular formula is C22H18O7. The van der Waals surface area contributed by atoms with Gasteiger partial charge in [-0.15, -0.1) is 0 Å². The Hall–Kier alpha value is -3.87. The lowest BCUT2D eigenvalue weighted by atomic mass is 9.93. The van der Waals surface area contributed by atoms with E-state index in [0.29, 0.717) is 11.1 Å². The van der Waals surface area contributed by atoms with Crippen molar-refractivity contribution in [3.63, 3.8) is 0 Å². The fraction of sp³-hybridized carbons (Fsp3) is 0.136. The number of phenolic OH excluding ortho intramolecular Hbond substituents is 4. The molecule has 0 aromatic heterocycles. The average molecular weight is 394 g/mol. The Morgan fingerprint density at radius 1 is 0.862 bits per heavy atom. The minimum absolute atomic E-state index is 0.0307. The fourth-order valence-corrected chi connectivity index (χ4v) is 3.30. The van der Waals surface area contributed by atoms with Gasteiger partial charge in [-0.3, -0.25) is 0 Å². The fourth-order valence-electron chi connectivity index (χ4n) is 3.30. The minimum atomic E-state index is -0.774. The molecule has 0 spiro atoms. The molecule has 0 aliphatic carbocycles.